The van der Waals surface area contributed by atoms with Gasteiger partial charge in [0.2, 0.25) is 0 Å². The van der Waals surface area contributed by atoms with Crippen molar-refractivity contribution in [2.75, 3.05) is 6.61 Å². The Bertz CT molecular complexity index is 1100. The largest absolute Gasteiger partial charge is 0.462 e. The van der Waals surface area contributed by atoms with Crippen molar-refractivity contribution in [3.8, 4) is 0 Å². The summed E-state index contributed by atoms with van der Waals surface area (Å²) >= 11 is 0. The minimum atomic E-state index is -2.55. The summed E-state index contributed by atoms with van der Waals surface area (Å²) in [6.45, 7) is 6.36. The Morgan fingerprint density at radius 1 is 1.26 bits per heavy atom. The number of halogens is 2. The molecule has 6 nitrogen and oxygen atoms in total. The van der Waals surface area contributed by atoms with E-state index in [9.17, 15) is 13.6 Å². The molecule has 8 heteroatoms. The van der Waals surface area contributed by atoms with Gasteiger partial charge in [0.25, 0.3) is 5.92 Å². The van der Waals surface area contributed by atoms with Gasteiger partial charge in [-0.05, 0) is 70.4 Å². The fourth-order valence-electron chi connectivity index (χ4n) is 5.99. The highest BCUT2D eigenvalue weighted by Crippen LogP contribution is 2.43. The van der Waals surface area contributed by atoms with E-state index in [-0.39, 0.29) is 37.2 Å². The van der Waals surface area contributed by atoms with Crippen molar-refractivity contribution < 1.29 is 23.0 Å². The number of nitrogens with zero attached hydrogens (tertiary/aromatic N) is 3. The van der Waals surface area contributed by atoms with Gasteiger partial charge in [-0.3, -0.25) is 4.99 Å². The average Bonchev–Trinajstić information content (AvgIpc) is 3.06. The van der Waals surface area contributed by atoms with E-state index in [0.717, 1.165) is 48.8 Å². The summed E-state index contributed by atoms with van der Waals surface area (Å²) in [4.78, 5) is 21.9. The number of hydrogen-bond donors (Lipinski definition) is 0. The van der Waals surface area contributed by atoms with Crippen LogP contribution in [0.3, 0.4) is 0 Å². The van der Waals surface area contributed by atoms with Crippen molar-refractivity contribution in [2.24, 2.45) is 16.8 Å². The molecule has 184 valence electrons. The number of aliphatic imine (C=N–C) groups is 1. The smallest absolute Gasteiger partial charge is 0.340 e. The van der Waals surface area contributed by atoms with Gasteiger partial charge in [-0.2, -0.15) is 0 Å². The summed E-state index contributed by atoms with van der Waals surface area (Å²) in [5.74, 6) is -1.90. The number of fused-ring (bicyclic) bond motifs is 1. The molecule has 2 atom stereocenters. The molecular weight excluding hydrogens is 440 g/mol. The zero-order chi connectivity index (χ0) is 24.0. The van der Waals surface area contributed by atoms with Crippen molar-refractivity contribution >= 4 is 22.7 Å². The lowest BCUT2D eigenvalue weighted by atomic mass is 9.75. The van der Waals surface area contributed by atoms with Gasteiger partial charge in [0, 0.05) is 48.3 Å². The molecule has 3 heterocycles. The molecule has 3 aliphatic rings. The number of alkyl halides is 2. The van der Waals surface area contributed by atoms with E-state index in [0.29, 0.717) is 24.0 Å². The number of carbonyl (C=O) groups is 1. The second-order valence-electron chi connectivity index (χ2n) is 10.1. The van der Waals surface area contributed by atoms with Crippen LogP contribution in [0.15, 0.2) is 23.3 Å². The van der Waals surface area contributed by atoms with E-state index < -0.39 is 5.92 Å². The van der Waals surface area contributed by atoms with E-state index in [1.165, 1.54) is 5.71 Å². The van der Waals surface area contributed by atoms with E-state index in [1.807, 2.05) is 26.0 Å². The van der Waals surface area contributed by atoms with Crippen LogP contribution in [0.2, 0.25) is 0 Å². The van der Waals surface area contributed by atoms with Crippen LogP contribution in [0.5, 0.6) is 0 Å². The molecule has 0 aromatic carbocycles. The van der Waals surface area contributed by atoms with Crippen LogP contribution in [0.1, 0.15) is 80.9 Å². The van der Waals surface area contributed by atoms with Crippen molar-refractivity contribution in [3.05, 3.63) is 29.6 Å². The molecule has 2 fully saturated rings. The molecule has 0 radical (unpaired) electrons. The number of rotatable bonds is 7. The van der Waals surface area contributed by atoms with Crippen LogP contribution in [-0.2, 0) is 9.47 Å². The Balaban J connectivity index is 1.23. The quantitative estimate of drug-likeness (QED) is 0.472. The first kappa shape index (κ1) is 23.4. The van der Waals surface area contributed by atoms with Crippen LogP contribution in [0, 0.1) is 18.8 Å². The fraction of sp³-hybridized carbons (Fsp3) is 0.654. The molecule has 0 amide bonds. The third kappa shape index (κ3) is 4.25. The third-order valence-electron chi connectivity index (χ3n) is 7.92. The summed E-state index contributed by atoms with van der Waals surface area (Å²) in [7, 11) is 0. The van der Waals surface area contributed by atoms with Crippen LogP contribution < -0.4 is 0 Å². The molecule has 0 spiro atoms. The second kappa shape index (κ2) is 9.02. The van der Waals surface area contributed by atoms with E-state index in [2.05, 4.69) is 21.5 Å². The maximum absolute atomic E-state index is 13.0. The lowest BCUT2D eigenvalue weighted by molar-refractivity contribution is -0.182. The molecule has 0 N–H and O–H groups in total. The van der Waals surface area contributed by atoms with Gasteiger partial charge >= 0.3 is 5.97 Å². The average molecular weight is 474 g/mol. The Morgan fingerprint density at radius 3 is 2.62 bits per heavy atom. The fourth-order valence-corrected chi connectivity index (χ4v) is 5.99. The zero-order valence-electron chi connectivity index (χ0n) is 20.1. The highest BCUT2D eigenvalue weighted by molar-refractivity contribution is 6.05. The van der Waals surface area contributed by atoms with Gasteiger partial charge in [0.05, 0.1) is 18.3 Å². The van der Waals surface area contributed by atoms with Gasteiger partial charge in [-0.1, -0.05) is 0 Å². The SMILES string of the molecule is CCOC(=O)c1c(C)n([C@H](C)C2CCC(C3=NC(OC4CC(F)(F)C4)C3)CC2)c2ncccc12. The predicted molar refractivity (Wildman–Crippen MR) is 125 cm³/mol. The molecule has 1 unspecified atom stereocenters. The van der Waals surface area contributed by atoms with Crippen molar-refractivity contribution in [1.82, 2.24) is 9.55 Å². The first-order valence-corrected chi connectivity index (χ1v) is 12.5. The molecule has 34 heavy (non-hydrogen) atoms. The Hall–Kier alpha value is -2.35. The molecule has 2 aliphatic carbocycles. The van der Waals surface area contributed by atoms with Crippen LogP contribution in [-0.4, -0.2) is 46.1 Å². The summed E-state index contributed by atoms with van der Waals surface area (Å²) < 4.78 is 39.2. The minimum absolute atomic E-state index is 0.169. The maximum Gasteiger partial charge on any atom is 0.340 e. The molecule has 1 aliphatic heterocycles. The Kier molecular flexibility index (Phi) is 6.21. The lowest BCUT2D eigenvalue weighted by Crippen LogP contribution is -2.45. The molecule has 2 aromatic rings. The summed E-state index contributed by atoms with van der Waals surface area (Å²) in [5, 5.41) is 0.845. The lowest BCUT2D eigenvalue weighted by Gasteiger charge is -2.40. The number of carbonyl (C=O) groups excluding carboxylic acids is 1. The summed E-state index contributed by atoms with van der Waals surface area (Å²) in [6, 6.07) is 4.01. The standard InChI is InChI=1S/C26H33F2N3O3/c1-4-33-25(32)23-16(3)31(24-20(23)6-5-11-29-24)15(2)17-7-9-18(10-8-17)21-12-22(30-21)34-19-13-26(27,28)14-19/h5-6,11,15,17-19,22H,4,7-10,12-14H2,1-3H3/t15-,17?,18?,22?/m1/s1. The third-order valence-corrected chi connectivity index (χ3v) is 7.92. The van der Waals surface area contributed by atoms with Crippen LogP contribution in [0.4, 0.5) is 8.78 Å². The van der Waals surface area contributed by atoms with Crippen LogP contribution >= 0.6 is 0 Å². The monoisotopic (exact) mass is 473 g/mol. The number of esters is 1. The number of ether oxygens (including phenoxy) is 2. The number of aromatic nitrogens is 2. The van der Waals surface area contributed by atoms with Crippen molar-refractivity contribution in [2.45, 2.75) is 90.0 Å². The van der Waals surface area contributed by atoms with Gasteiger partial charge in [0.1, 0.15) is 5.65 Å². The minimum Gasteiger partial charge on any atom is -0.462 e. The van der Waals surface area contributed by atoms with E-state index >= 15 is 0 Å². The first-order chi connectivity index (χ1) is 16.3. The normalized spacial score (nSPS) is 27.6. The van der Waals surface area contributed by atoms with E-state index in [4.69, 9.17) is 9.47 Å². The van der Waals surface area contributed by atoms with Gasteiger partial charge in [-0.15, -0.1) is 0 Å². The number of pyridine rings is 1. The molecular formula is C26H33F2N3O3. The Labute approximate surface area is 198 Å². The van der Waals surface area contributed by atoms with Crippen molar-refractivity contribution in [3.63, 3.8) is 0 Å². The first-order valence-electron chi connectivity index (χ1n) is 12.5. The topological polar surface area (TPSA) is 65.7 Å². The zero-order valence-corrected chi connectivity index (χ0v) is 20.1. The molecule has 5 rings (SSSR count). The van der Waals surface area contributed by atoms with E-state index in [1.54, 1.807) is 6.20 Å². The van der Waals surface area contributed by atoms with Crippen molar-refractivity contribution in [1.29, 1.82) is 0 Å². The van der Waals surface area contributed by atoms with Gasteiger partial charge in [0.15, 0.2) is 6.23 Å². The molecule has 2 aromatic heterocycles. The predicted octanol–water partition coefficient (Wildman–Crippen LogP) is 5.87. The summed E-state index contributed by atoms with van der Waals surface area (Å²) in [5.41, 5.74) is 3.55. The molecule has 0 saturated heterocycles. The summed E-state index contributed by atoms with van der Waals surface area (Å²) in [6.07, 6.45) is 5.93. The Morgan fingerprint density at radius 2 is 1.97 bits per heavy atom. The molecule has 2 saturated carbocycles. The highest BCUT2D eigenvalue weighted by Gasteiger charge is 2.48. The number of hydrogen-bond acceptors (Lipinski definition) is 5. The maximum atomic E-state index is 13.0. The molecule has 0 bridgehead atoms. The van der Waals surface area contributed by atoms with Crippen LogP contribution in [0.25, 0.3) is 11.0 Å². The second-order valence-corrected chi connectivity index (χ2v) is 10.1. The highest BCUT2D eigenvalue weighted by atomic mass is 19.3. The van der Waals surface area contributed by atoms with Gasteiger partial charge < -0.3 is 14.0 Å². The van der Waals surface area contributed by atoms with Gasteiger partial charge in [-0.25, -0.2) is 18.6 Å².